The average Bonchev–Trinajstić information content (AvgIpc) is 3.53. The van der Waals surface area contributed by atoms with Gasteiger partial charge in [-0.3, -0.25) is 0 Å². The van der Waals surface area contributed by atoms with Gasteiger partial charge in [0.15, 0.2) is 0 Å². The molecule has 0 aliphatic carbocycles. The number of aromatic nitrogens is 5. The Bertz CT molecular complexity index is 1080. The van der Waals surface area contributed by atoms with Crippen molar-refractivity contribution in [1.29, 1.82) is 0 Å². The maximum atomic E-state index is 12.5. The molecule has 0 N–H and O–H groups in total. The Morgan fingerprint density at radius 2 is 2.03 bits per heavy atom. The van der Waals surface area contributed by atoms with Crippen LogP contribution in [-0.4, -0.2) is 54.3 Å². The summed E-state index contributed by atoms with van der Waals surface area (Å²) in [7, 11) is 0. The topological polar surface area (TPSA) is 99.2 Å². The molecule has 0 bridgehead atoms. The fourth-order valence-corrected chi connectivity index (χ4v) is 4.10. The summed E-state index contributed by atoms with van der Waals surface area (Å²) in [5.74, 6) is 1.08. The Balaban J connectivity index is 1.35. The summed E-state index contributed by atoms with van der Waals surface area (Å²) in [6.07, 6.45) is 7.33. The van der Waals surface area contributed by atoms with Crippen LogP contribution in [0.3, 0.4) is 0 Å². The number of likely N-dealkylation sites (tertiary alicyclic amines) is 1. The summed E-state index contributed by atoms with van der Waals surface area (Å²) in [5, 5.41) is 12.6. The fourth-order valence-electron chi connectivity index (χ4n) is 4.10. The van der Waals surface area contributed by atoms with Gasteiger partial charge in [0.1, 0.15) is 5.60 Å². The molecule has 4 rings (SSSR count). The monoisotopic (exact) mass is 466 g/mol. The minimum atomic E-state index is -0.515. The van der Waals surface area contributed by atoms with Crippen molar-refractivity contribution in [1.82, 2.24) is 30.0 Å². The number of hydrogen-bond donors (Lipinski definition) is 0. The van der Waals surface area contributed by atoms with Crippen molar-refractivity contribution >= 4 is 6.09 Å². The van der Waals surface area contributed by atoms with E-state index in [1.165, 1.54) is 0 Å². The normalized spacial score (nSPS) is 16.2. The molecule has 1 aromatic carbocycles. The lowest BCUT2D eigenvalue weighted by Crippen LogP contribution is -2.40. The van der Waals surface area contributed by atoms with E-state index >= 15 is 0 Å². The van der Waals surface area contributed by atoms with Crippen LogP contribution < -0.4 is 0 Å². The average molecular weight is 467 g/mol. The maximum absolute atomic E-state index is 12.5. The van der Waals surface area contributed by atoms with Gasteiger partial charge in [0.05, 0.1) is 12.2 Å². The van der Waals surface area contributed by atoms with Crippen LogP contribution in [0.5, 0.6) is 0 Å². The van der Waals surface area contributed by atoms with Crippen LogP contribution in [0, 0.1) is 0 Å². The Morgan fingerprint density at radius 3 is 2.76 bits per heavy atom. The van der Waals surface area contributed by atoms with E-state index in [2.05, 4.69) is 27.4 Å². The number of amides is 1. The molecule has 0 spiro atoms. The molecule has 1 fully saturated rings. The molecule has 3 aromatic rings. The van der Waals surface area contributed by atoms with Crippen LogP contribution >= 0.6 is 0 Å². The molecule has 0 unspecified atom stereocenters. The summed E-state index contributed by atoms with van der Waals surface area (Å²) in [6.45, 7) is 9.16. The van der Waals surface area contributed by atoms with Crippen LogP contribution in [0.4, 0.5) is 4.79 Å². The number of aryl methyl sites for hydroxylation is 1. The van der Waals surface area contributed by atoms with Gasteiger partial charge in [-0.2, -0.15) is 4.98 Å². The quantitative estimate of drug-likeness (QED) is 0.476. The second-order valence-electron chi connectivity index (χ2n) is 9.89. The van der Waals surface area contributed by atoms with Gasteiger partial charge >= 0.3 is 6.09 Å². The van der Waals surface area contributed by atoms with Gasteiger partial charge in [-0.05, 0) is 52.0 Å². The molecule has 1 aliphatic heterocycles. The first kappa shape index (κ1) is 23.9. The molecule has 1 saturated heterocycles. The first-order chi connectivity index (χ1) is 16.3. The van der Waals surface area contributed by atoms with Crippen LogP contribution in [0.15, 0.2) is 35.0 Å². The number of rotatable bonds is 8. The molecule has 3 heterocycles. The van der Waals surface area contributed by atoms with Gasteiger partial charge in [-0.1, -0.05) is 48.0 Å². The van der Waals surface area contributed by atoms with Crippen molar-refractivity contribution in [2.24, 2.45) is 0 Å². The Labute approximate surface area is 200 Å². The van der Waals surface area contributed by atoms with Gasteiger partial charge in [0.2, 0.25) is 11.7 Å². The SMILES string of the molecule is CCCCc1cn(Cc2ccc(-c3noc(C[C@@H]4CCCN4C(=O)OC(C)(C)C)n3)cc2)nn1. The summed E-state index contributed by atoms with van der Waals surface area (Å²) in [6, 6.07) is 8.07. The third-order valence-electron chi connectivity index (χ3n) is 5.81. The smallest absolute Gasteiger partial charge is 0.410 e. The lowest BCUT2D eigenvalue weighted by molar-refractivity contribution is 0.0222. The highest BCUT2D eigenvalue weighted by Gasteiger charge is 2.33. The molecule has 34 heavy (non-hydrogen) atoms. The Hall–Kier alpha value is -3.23. The number of unbranched alkanes of at least 4 members (excludes halogenated alkanes) is 1. The molecular formula is C25H34N6O3. The first-order valence-corrected chi connectivity index (χ1v) is 12.1. The predicted molar refractivity (Wildman–Crippen MR) is 127 cm³/mol. The fraction of sp³-hybridized carbons (Fsp3) is 0.560. The van der Waals surface area contributed by atoms with Crippen LogP contribution in [0.1, 0.15) is 70.5 Å². The second-order valence-corrected chi connectivity index (χ2v) is 9.89. The van der Waals surface area contributed by atoms with E-state index < -0.39 is 5.60 Å². The molecule has 1 atom stereocenters. The van der Waals surface area contributed by atoms with E-state index in [-0.39, 0.29) is 12.1 Å². The molecule has 9 heteroatoms. The number of carbonyl (C=O) groups excluding carboxylic acids is 1. The lowest BCUT2D eigenvalue weighted by Gasteiger charge is -2.28. The first-order valence-electron chi connectivity index (χ1n) is 12.1. The van der Waals surface area contributed by atoms with E-state index in [0.717, 1.165) is 48.9 Å². The molecule has 1 aliphatic rings. The molecule has 1 amide bonds. The van der Waals surface area contributed by atoms with Crippen molar-refractivity contribution < 1.29 is 14.1 Å². The zero-order valence-electron chi connectivity index (χ0n) is 20.5. The van der Waals surface area contributed by atoms with Gasteiger partial charge in [-0.15, -0.1) is 5.10 Å². The lowest BCUT2D eigenvalue weighted by atomic mass is 10.1. The summed E-state index contributed by atoms with van der Waals surface area (Å²) in [5.41, 5.74) is 2.53. The van der Waals surface area contributed by atoms with Crippen molar-refractivity contribution in [3.05, 3.63) is 47.6 Å². The molecular weight excluding hydrogens is 432 g/mol. The number of benzene rings is 1. The minimum Gasteiger partial charge on any atom is -0.444 e. The molecule has 2 aromatic heterocycles. The van der Waals surface area contributed by atoms with Gasteiger partial charge in [0, 0.05) is 30.8 Å². The zero-order valence-corrected chi connectivity index (χ0v) is 20.5. The van der Waals surface area contributed by atoms with E-state index in [1.807, 2.05) is 55.9 Å². The molecule has 0 radical (unpaired) electrons. The number of carbonyl (C=O) groups is 1. The van der Waals surface area contributed by atoms with Gasteiger partial charge in [-0.25, -0.2) is 9.48 Å². The van der Waals surface area contributed by atoms with Gasteiger partial charge in [0.25, 0.3) is 0 Å². The van der Waals surface area contributed by atoms with E-state index in [9.17, 15) is 4.79 Å². The van der Waals surface area contributed by atoms with Gasteiger partial charge < -0.3 is 14.2 Å². The number of hydrogen-bond acceptors (Lipinski definition) is 7. The largest absolute Gasteiger partial charge is 0.444 e. The third kappa shape index (κ3) is 6.21. The standard InChI is InChI=1S/C25H34N6O3/c1-5-6-8-20-17-30(29-27-20)16-18-10-12-19(13-11-18)23-26-22(34-28-23)15-21-9-7-14-31(21)24(32)33-25(2,3)4/h10-13,17,21H,5-9,14-16H2,1-4H3/t21-/m0/s1. The highest BCUT2D eigenvalue weighted by molar-refractivity contribution is 5.69. The van der Waals surface area contributed by atoms with E-state index in [0.29, 0.717) is 31.2 Å². The second kappa shape index (κ2) is 10.4. The summed E-state index contributed by atoms with van der Waals surface area (Å²) < 4.78 is 12.9. The molecule has 0 saturated carbocycles. The van der Waals surface area contributed by atoms with Crippen LogP contribution in [0.2, 0.25) is 0 Å². The number of nitrogens with zero attached hydrogens (tertiary/aromatic N) is 6. The van der Waals surface area contributed by atoms with E-state index in [1.54, 1.807) is 4.90 Å². The van der Waals surface area contributed by atoms with Crippen molar-refractivity contribution in [3.8, 4) is 11.4 Å². The minimum absolute atomic E-state index is 0.00965. The Kier molecular flexibility index (Phi) is 7.29. The molecule has 182 valence electrons. The highest BCUT2D eigenvalue weighted by atomic mass is 16.6. The van der Waals surface area contributed by atoms with Crippen LogP contribution in [-0.2, 0) is 24.1 Å². The predicted octanol–water partition coefficient (Wildman–Crippen LogP) is 4.66. The van der Waals surface area contributed by atoms with Crippen molar-refractivity contribution in [2.75, 3.05) is 6.54 Å². The summed E-state index contributed by atoms with van der Waals surface area (Å²) >= 11 is 0. The van der Waals surface area contributed by atoms with E-state index in [4.69, 9.17) is 9.26 Å². The van der Waals surface area contributed by atoms with Crippen molar-refractivity contribution in [3.63, 3.8) is 0 Å². The molecule has 9 nitrogen and oxygen atoms in total. The third-order valence-corrected chi connectivity index (χ3v) is 5.81. The zero-order chi connectivity index (χ0) is 24.1. The maximum Gasteiger partial charge on any atom is 0.410 e. The highest BCUT2D eigenvalue weighted by Crippen LogP contribution is 2.24. The van der Waals surface area contributed by atoms with Crippen LogP contribution in [0.25, 0.3) is 11.4 Å². The summed E-state index contributed by atoms with van der Waals surface area (Å²) in [4.78, 5) is 18.9. The Morgan fingerprint density at radius 1 is 1.24 bits per heavy atom. The number of ether oxygens (including phenoxy) is 1. The van der Waals surface area contributed by atoms with Crippen molar-refractivity contribution in [2.45, 2.75) is 84.4 Å².